The smallest absolute Gasteiger partial charge is 0.182 e. The van der Waals surface area contributed by atoms with Crippen LogP contribution in [-0.4, -0.2) is 59.3 Å². The summed E-state index contributed by atoms with van der Waals surface area (Å²) in [4.78, 5) is 7.15. The molecule has 1 aromatic carbocycles. The molecule has 3 aromatic heterocycles. The first kappa shape index (κ1) is 19.5. The van der Waals surface area contributed by atoms with E-state index in [9.17, 15) is 0 Å². The summed E-state index contributed by atoms with van der Waals surface area (Å²) in [7, 11) is 4.07. The number of H-pyrrole nitrogens is 1. The molecule has 0 aliphatic heterocycles. The molecule has 4 aromatic rings. The molecule has 0 atom stereocenters. The van der Waals surface area contributed by atoms with Crippen LogP contribution in [-0.2, 0) is 13.6 Å². The molecule has 3 N–H and O–H groups in total. The van der Waals surface area contributed by atoms with Crippen LogP contribution >= 0.6 is 0 Å². The maximum atomic E-state index is 6.07. The molecule has 9 nitrogen and oxygen atoms in total. The van der Waals surface area contributed by atoms with Crippen LogP contribution in [0.15, 0.2) is 37.2 Å². The van der Waals surface area contributed by atoms with E-state index in [-0.39, 0.29) is 0 Å². The Morgan fingerprint density at radius 1 is 1.32 bits per heavy atom. The highest BCUT2D eigenvalue weighted by atomic mass is 15.3. The van der Waals surface area contributed by atoms with Gasteiger partial charge in [-0.25, -0.2) is 4.98 Å². The van der Waals surface area contributed by atoms with Gasteiger partial charge in [0, 0.05) is 42.5 Å². The van der Waals surface area contributed by atoms with Crippen LogP contribution in [0.3, 0.4) is 0 Å². The fourth-order valence-corrected chi connectivity index (χ4v) is 4.09. The Morgan fingerprint density at radius 2 is 2.16 bits per heavy atom. The number of nitrogens with one attached hydrogen (secondary N) is 1. The molecule has 5 rings (SSSR count). The monoisotopic (exact) mass is 417 g/mol. The van der Waals surface area contributed by atoms with Crippen molar-refractivity contribution < 1.29 is 0 Å². The van der Waals surface area contributed by atoms with Crippen molar-refractivity contribution in [2.75, 3.05) is 13.6 Å². The molecular weight excluding hydrogens is 390 g/mol. The molecule has 0 unspecified atom stereocenters. The second-order valence-electron chi connectivity index (χ2n) is 8.26. The van der Waals surface area contributed by atoms with Gasteiger partial charge in [-0.05, 0) is 43.7 Å². The minimum Gasteiger partial charge on any atom is -0.399 e. The minimum atomic E-state index is 0.505. The van der Waals surface area contributed by atoms with E-state index in [2.05, 4.69) is 38.9 Å². The third-order valence-corrected chi connectivity index (χ3v) is 6.29. The highest BCUT2D eigenvalue weighted by Crippen LogP contribution is 2.31. The fraction of sp³-hybridized carbons (Fsp3) is 0.364. The number of benzene rings is 1. The van der Waals surface area contributed by atoms with Gasteiger partial charge < -0.3 is 10.6 Å². The summed E-state index contributed by atoms with van der Waals surface area (Å²) >= 11 is 0. The lowest BCUT2D eigenvalue weighted by Crippen LogP contribution is -2.38. The molecule has 9 heteroatoms. The predicted octanol–water partition coefficient (Wildman–Crippen LogP) is 2.64. The molecule has 0 amide bonds. The second kappa shape index (κ2) is 7.66. The molecule has 0 radical (unpaired) electrons. The van der Waals surface area contributed by atoms with E-state index >= 15 is 0 Å². The third-order valence-electron chi connectivity index (χ3n) is 6.29. The van der Waals surface area contributed by atoms with Gasteiger partial charge in [-0.15, -0.1) is 0 Å². The second-order valence-corrected chi connectivity index (χ2v) is 8.26. The van der Waals surface area contributed by atoms with E-state index in [1.807, 2.05) is 36.1 Å². The Balaban J connectivity index is 1.52. The average Bonchev–Trinajstić information content (AvgIpc) is 3.43. The SMILES string of the molecule is C=C(N)c1cc(-c2n[nH]c(-c3ccnn3C)n2)c2cnn(CCN(C)C3CCC3)c2c1. The molecular formula is C22H27N9. The predicted molar refractivity (Wildman–Crippen MR) is 121 cm³/mol. The molecule has 3 heterocycles. The number of aromatic amines is 1. The van der Waals surface area contributed by atoms with Gasteiger partial charge in [-0.3, -0.25) is 14.5 Å². The van der Waals surface area contributed by atoms with Gasteiger partial charge in [0.1, 0.15) is 5.69 Å². The van der Waals surface area contributed by atoms with Crippen molar-refractivity contribution in [2.45, 2.75) is 31.8 Å². The summed E-state index contributed by atoms with van der Waals surface area (Å²) in [5, 5.41) is 17.4. The molecule has 0 bridgehead atoms. The summed E-state index contributed by atoms with van der Waals surface area (Å²) < 4.78 is 3.80. The number of aryl methyl sites for hydroxylation is 1. The number of nitrogens with two attached hydrogens (primary N) is 1. The zero-order chi connectivity index (χ0) is 21.5. The highest BCUT2D eigenvalue weighted by Gasteiger charge is 2.22. The molecule has 1 aliphatic carbocycles. The summed E-state index contributed by atoms with van der Waals surface area (Å²) in [6, 6.07) is 6.63. The van der Waals surface area contributed by atoms with Crippen molar-refractivity contribution in [1.29, 1.82) is 0 Å². The van der Waals surface area contributed by atoms with Crippen molar-refractivity contribution in [3.63, 3.8) is 0 Å². The highest BCUT2D eigenvalue weighted by molar-refractivity contribution is 5.95. The number of likely N-dealkylation sites (N-methyl/N-ethyl adjacent to an activating group) is 1. The van der Waals surface area contributed by atoms with Crippen LogP contribution in [0.25, 0.3) is 39.5 Å². The summed E-state index contributed by atoms with van der Waals surface area (Å²) in [6.45, 7) is 5.70. The van der Waals surface area contributed by atoms with E-state index in [0.717, 1.165) is 40.8 Å². The zero-order valence-corrected chi connectivity index (χ0v) is 17.9. The van der Waals surface area contributed by atoms with Crippen LogP contribution in [0.4, 0.5) is 0 Å². The summed E-state index contributed by atoms with van der Waals surface area (Å²) in [5.74, 6) is 1.25. The molecule has 1 aliphatic rings. The van der Waals surface area contributed by atoms with Gasteiger partial charge in [0.15, 0.2) is 11.6 Å². The molecule has 1 saturated carbocycles. The number of hydrogen-bond acceptors (Lipinski definition) is 6. The standard InChI is InChI=1S/C22H27N9/c1-14(23)15-11-17(21-26-22(28-27-21)19-7-8-24-30(19)3)18-13-25-31(20(18)12-15)10-9-29(2)16-5-4-6-16/h7-8,11-13,16H,1,4-6,9-10,23H2,2-3H3,(H,26,27,28). The quantitative estimate of drug-likeness (QED) is 0.479. The maximum Gasteiger partial charge on any atom is 0.182 e. The molecule has 0 spiro atoms. The molecule has 160 valence electrons. The van der Waals surface area contributed by atoms with E-state index in [1.165, 1.54) is 19.3 Å². The number of hydrogen-bond donors (Lipinski definition) is 2. The average molecular weight is 418 g/mol. The van der Waals surface area contributed by atoms with Gasteiger partial charge in [0.05, 0.1) is 18.3 Å². The van der Waals surface area contributed by atoms with Crippen molar-refractivity contribution >= 4 is 16.6 Å². The molecule has 0 saturated heterocycles. The minimum absolute atomic E-state index is 0.505. The Labute approximate surface area is 180 Å². The van der Waals surface area contributed by atoms with Crippen molar-refractivity contribution in [3.05, 3.63) is 42.7 Å². The maximum absolute atomic E-state index is 6.07. The number of aromatic nitrogens is 7. The van der Waals surface area contributed by atoms with E-state index in [1.54, 1.807) is 10.9 Å². The van der Waals surface area contributed by atoms with E-state index in [0.29, 0.717) is 23.4 Å². The van der Waals surface area contributed by atoms with Crippen LogP contribution in [0.2, 0.25) is 0 Å². The third kappa shape index (κ3) is 3.50. The lowest BCUT2D eigenvalue weighted by molar-refractivity contribution is 0.154. The van der Waals surface area contributed by atoms with Crippen LogP contribution in [0.5, 0.6) is 0 Å². The largest absolute Gasteiger partial charge is 0.399 e. The Morgan fingerprint density at radius 3 is 2.84 bits per heavy atom. The zero-order valence-electron chi connectivity index (χ0n) is 17.9. The number of fused-ring (bicyclic) bond motifs is 1. The number of nitrogens with zero attached hydrogens (tertiary/aromatic N) is 7. The summed E-state index contributed by atoms with van der Waals surface area (Å²) in [5.41, 5.74) is 10.2. The van der Waals surface area contributed by atoms with Gasteiger partial charge >= 0.3 is 0 Å². The van der Waals surface area contributed by atoms with Gasteiger partial charge in [-0.2, -0.15) is 15.3 Å². The fourth-order valence-electron chi connectivity index (χ4n) is 4.09. The Bertz CT molecular complexity index is 1240. The lowest BCUT2D eigenvalue weighted by atomic mass is 9.92. The van der Waals surface area contributed by atoms with Crippen LogP contribution in [0, 0.1) is 0 Å². The first-order valence-electron chi connectivity index (χ1n) is 10.6. The van der Waals surface area contributed by atoms with Crippen LogP contribution < -0.4 is 5.73 Å². The van der Waals surface area contributed by atoms with Crippen molar-refractivity contribution in [1.82, 2.24) is 39.6 Å². The van der Waals surface area contributed by atoms with E-state index < -0.39 is 0 Å². The topological polar surface area (TPSA) is 106 Å². The van der Waals surface area contributed by atoms with Gasteiger partial charge in [0.25, 0.3) is 0 Å². The molecule has 1 fully saturated rings. The first-order chi connectivity index (χ1) is 15.0. The van der Waals surface area contributed by atoms with Gasteiger partial charge in [-0.1, -0.05) is 13.0 Å². The summed E-state index contributed by atoms with van der Waals surface area (Å²) in [6.07, 6.45) is 7.54. The lowest BCUT2D eigenvalue weighted by Gasteiger charge is -2.34. The van der Waals surface area contributed by atoms with Crippen molar-refractivity contribution in [2.24, 2.45) is 12.8 Å². The van der Waals surface area contributed by atoms with E-state index in [4.69, 9.17) is 10.7 Å². The molecule has 31 heavy (non-hydrogen) atoms. The van der Waals surface area contributed by atoms with Crippen LogP contribution in [0.1, 0.15) is 24.8 Å². The normalized spacial score (nSPS) is 14.4. The van der Waals surface area contributed by atoms with Crippen molar-refractivity contribution in [3.8, 4) is 22.9 Å². The number of rotatable bonds is 7. The Kier molecular flexibility index (Phi) is 4.82. The Hall–Kier alpha value is -3.46. The van der Waals surface area contributed by atoms with Gasteiger partial charge in [0.2, 0.25) is 0 Å². The first-order valence-corrected chi connectivity index (χ1v) is 10.6.